The van der Waals surface area contributed by atoms with Gasteiger partial charge in [0, 0.05) is 37.8 Å². The van der Waals surface area contributed by atoms with Crippen molar-refractivity contribution in [2.45, 2.75) is 52.1 Å². The minimum Gasteiger partial charge on any atom is -0.508 e. The number of phenolic OH excluding ortho intramolecular Hbond substituents is 2. The van der Waals surface area contributed by atoms with E-state index in [4.69, 9.17) is 5.73 Å². The summed E-state index contributed by atoms with van der Waals surface area (Å²) in [5.41, 5.74) is 5.83. The minimum atomic E-state index is -0.779. The fourth-order valence-corrected chi connectivity index (χ4v) is 4.42. The van der Waals surface area contributed by atoms with E-state index in [1.807, 2.05) is 6.92 Å². The Morgan fingerprint density at radius 2 is 2.00 bits per heavy atom. The summed E-state index contributed by atoms with van der Waals surface area (Å²) in [5, 5.41) is 22.0. The van der Waals surface area contributed by atoms with E-state index in [-0.39, 0.29) is 35.9 Å². The Balaban J connectivity index is 1.48. The zero-order valence-electron chi connectivity index (χ0n) is 18.5. The van der Waals surface area contributed by atoms with Gasteiger partial charge in [0.1, 0.15) is 17.0 Å². The summed E-state index contributed by atoms with van der Waals surface area (Å²) in [6.45, 7) is 7.85. The van der Waals surface area contributed by atoms with Crippen molar-refractivity contribution >= 4 is 17.9 Å². The van der Waals surface area contributed by atoms with Gasteiger partial charge in [0.25, 0.3) is 5.91 Å². The predicted molar refractivity (Wildman–Crippen MR) is 117 cm³/mol. The van der Waals surface area contributed by atoms with Crippen LogP contribution < -0.4 is 11.1 Å². The molecular formula is C22H33N5O4. The monoisotopic (exact) mass is 431 g/mol. The predicted octanol–water partition coefficient (Wildman–Crippen LogP) is 1.98. The molecular weight excluding hydrogens is 398 g/mol. The Morgan fingerprint density at radius 3 is 2.61 bits per heavy atom. The van der Waals surface area contributed by atoms with E-state index in [1.54, 1.807) is 15.9 Å². The van der Waals surface area contributed by atoms with Crippen LogP contribution in [0.15, 0.2) is 23.2 Å². The maximum atomic E-state index is 12.9. The molecule has 0 radical (unpaired) electrons. The Hall–Kier alpha value is -2.97. The number of benzene rings is 1. The lowest BCUT2D eigenvalue weighted by Crippen LogP contribution is -2.49. The van der Waals surface area contributed by atoms with Gasteiger partial charge < -0.3 is 26.2 Å². The van der Waals surface area contributed by atoms with Crippen molar-refractivity contribution in [2.75, 3.05) is 19.6 Å². The fraction of sp³-hybridized carbons (Fsp3) is 0.591. The molecule has 1 saturated heterocycles. The van der Waals surface area contributed by atoms with E-state index in [1.165, 1.54) is 12.1 Å². The van der Waals surface area contributed by atoms with Gasteiger partial charge in [0.15, 0.2) is 5.96 Å². The second-order valence-corrected chi connectivity index (χ2v) is 9.16. The van der Waals surface area contributed by atoms with Gasteiger partial charge in [0.2, 0.25) is 0 Å². The first kappa shape index (κ1) is 22.7. The van der Waals surface area contributed by atoms with Crippen LogP contribution >= 0.6 is 0 Å². The normalized spacial score (nSPS) is 22.2. The Labute approximate surface area is 182 Å². The van der Waals surface area contributed by atoms with Gasteiger partial charge in [-0.25, -0.2) is 9.79 Å². The number of phenols is 2. The molecule has 1 atom stereocenters. The van der Waals surface area contributed by atoms with E-state index >= 15 is 0 Å². The minimum absolute atomic E-state index is 0.0265. The number of amides is 3. The first-order valence-corrected chi connectivity index (χ1v) is 10.8. The van der Waals surface area contributed by atoms with Gasteiger partial charge in [-0.2, -0.15) is 0 Å². The van der Waals surface area contributed by atoms with Crippen LogP contribution in [0.5, 0.6) is 11.5 Å². The molecule has 2 aliphatic rings. The van der Waals surface area contributed by atoms with Crippen LogP contribution in [0.3, 0.4) is 0 Å². The number of carbonyl (C=O) groups is 2. The maximum Gasteiger partial charge on any atom is 0.317 e. The number of hydrogen-bond donors (Lipinski definition) is 4. The van der Waals surface area contributed by atoms with Crippen molar-refractivity contribution in [1.82, 2.24) is 15.1 Å². The number of rotatable bonds is 6. The lowest BCUT2D eigenvalue weighted by atomic mass is 9.90. The highest BCUT2D eigenvalue weighted by molar-refractivity contribution is 6.06. The van der Waals surface area contributed by atoms with Crippen LogP contribution in [0, 0.1) is 11.8 Å². The van der Waals surface area contributed by atoms with Crippen molar-refractivity contribution in [3.63, 3.8) is 0 Å². The Bertz CT molecular complexity index is 863. The lowest BCUT2D eigenvalue weighted by Gasteiger charge is -2.34. The van der Waals surface area contributed by atoms with E-state index in [2.05, 4.69) is 24.2 Å². The van der Waals surface area contributed by atoms with E-state index in [9.17, 15) is 19.8 Å². The zero-order chi connectivity index (χ0) is 22.8. The van der Waals surface area contributed by atoms with E-state index in [0.29, 0.717) is 43.5 Å². The number of nitrogens with two attached hydrogens (primary N) is 1. The Kier molecular flexibility index (Phi) is 6.62. The summed E-state index contributed by atoms with van der Waals surface area (Å²) in [5.74, 6) is 0.772. The van der Waals surface area contributed by atoms with Gasteiger partial charge in [0.05, 0.1) is 0 Å². The number of likely N-dealkylation sites (tertiary alicyclic amines) is 1. The van der Waals surface area contributed by atoms with Crippen LogP contribution in [-0.2, 0) is 11.3 Å². The fourth-order valence-electron chi connectivity index (χ4n) is 4.42. The van der Waals surface area contributed by atoms with Crippen molar-refractivity contribution in [3.05, 3.63) is 23.8 Å². The summed E-state index contributed by atoms with van der Waals surface area (Å²) in [7, 11) is 0. The van der Waals surface area contributed by atoms with Gasteiger partial charge >= 0.3 is 6.03 Å². The number of aromatic hydroxyl groups is 2. The quantitative estimate of drug-likeness (QED) is 0.547. The van der Waals surface area contributed by atoms with Gasteiger partial charge in [-0.1, -0.05) is 13.8 Å². The first-order valence-electron chi connectivity index (χ1n) is 10.8. The molecule has 2 aliphatic heterocycles. The van der Waals surface area contributed by atoms with Crippen molar-refractivity contribution in [3.8, 4) is 11.5 Å². The molecule has 31 heavy (non-hydrogen) atoms. The molecule has 0 aromatic heterocycles. The third-order valence-electron chi connectivity index (χ3n) is 5.99. The van der Waals surface area contributed by atoms with Gasteiger partial charge in [-0.15, -0.1) is 0 Å². The molecule has 2 heterocycles. The highest BCUT2D eigenvalue weighted by atomic mass is 16.3. The smallest absolute Gasteiger partial charge is 0.317 e. The molecule has 1 aromatic carbocycles. The molecule has 5 N–H and O–H groups in total. The number of guanidine groups is 1. The summed E-state index contributed by atoms with van der Waals surface area (Å²) < 4.78 is 0. The van der Waals surface area contributed by atoms with Crippen LogP contribution in [0.2, 0.25) is 0 Å². The number of aliphatic imine (C=N–C) groups is 1. The third-order valence-corrected chi connectivity index (χ3v) is 5.99. The molecule has 9 nitrogen and oxygen atoms in total. The highest BCUT2D eigenvalue weighted by Gasteiger charge is 2.44. The number of urea groups is 1. The molecule has 1 unspecified atom stereocenters. The number of carbonyl (C=O) groups excluding carboxylic acids is 2. The molecule has 0 aliphatic carbocycles. The van der Waals surface area contributed by atoms with E-state index in [0.717, 1.165) is 12.8 Å². The average molecular weight is 432 g/mol. The largest absolute Gasteiger partial charge is 0.508 e. The summed E-state index contributed by atoms with van der Waals surface area (Å²) >= 11 is 0. The molecule has 9 heteroatoms. The lowest BCUT2D eigenvalue weighted by molar-refractivity contribution is -0.131. The molecule has 3 amide bonds. The second-order valence-electron chi connectivity index (χ2n) is 9.16. The van der Waals surface area contributed by atoms with Gasteiger partial charge in [-0.3, -0.25) is 9.69 Å². The average Bonchev–Trinajstić information content (AvgIpc) is 2.89. The topological polar surface area (TPSA) is 131 Å². The van der Waals surface area contributed by atoms with Crippen molar-refractivity contribution in [2.24, 2.45) is 22.6 Å². The summed E-state index contributed by atoms with van der Waals surface area (Å²) in [4.78, 5) is 33.2. The number of nitrogens with one attached hydrogen (secondary N) is 1. The van der Waals surface area contributed by atoms with Gasteiger partial charge in [-0.05, 0) is 50.2 Å². The van der Waals surface area contributed by atoms with Crippen molar-refractivity contribution in [1.29, 1.82) is 0 Å². The van der Waals surface area contributed by atoms with Crippen molar-refractivity contribution < 1.29 is 19.8 Å². The van der Waals surface area contributed by atoms with Crippen LogP contribution in [0.1, 0.15) is 45.6 Å². The van der Waals surface area contributed by atoms with Crippen LogP contribution in [0.25, 0.3) is 0 Å². The highest BCUT2D eigenvalue weighted by Crippen LogP contribution is 2.30. The van der Waals surface area contributed by atoms with Crippen LogP contribution in [-0.4, -0.2) is 63.1 Å². The second kappa shape index (κ2) is 9.03. The molecule has 1 fully saturated rings. The number of hydrogen-bond acceptors (Lipinski definition) is 6. The molecule has 3 rings (SSSR count). The third kappa shape index (κ3) is 5.21. The van der Waals surface area contributed by atoms with Crippen LogP contribution in [0.4, 0.5) is 4.79 Å². The standard InChI is InChI=1S/C22H33N5O4/c1-14(2)11-22(3)19(30)27(20(23)25-22)13-15-6-8-26(9-7-15)21(31)24-12-16-4-5-17(28)10-18(16)29/h4-5,10,14-15,28-29H,6-9,11-13H2,1-3H3,(H2,23,25)(H,24,31). The SMILES string of the molecule is CC(C)CC1(C)N=C(N)N(CC2CCN(C(=O)NCc3ccc(O)cc3O)CC2)C1=O. The molecule has 170 valence electrons. The summed E-state index contributed by atoms with van der Waals surface area (Å²) in [6.07, 6.45) is 2.21. The molecule has 0 saturated carbocycles. The molecule has 0 bridgehead atoms. The zero-order valence-corrected chi connectivity index (χ0v) is 18.5. The number of nitrogens with zero attached hydrogens (tertiary/aromatic N) is 3. The Morgan fingerprint density at radius 1 is 1.32 bits per heavy atom. The number of piperidine rings is 1. The molecule has 0 spiro atoms. The molecule has 1 aromatic rings. The summed E-state index contributed by atoms with van der Waals surface area (Å²) in [6, 6.07) is 4.08. The van der Waals surface area contributed by atoms with E-state index < -0.39 is 5.54 Å². The first-order chi connectivity index (χ1) is 14.6. The maximum absolute atomic E-state index is 12.9.